The Bertz CT molecular complexity index is 1370. The van der Waals surface area contributed by atoms with Gasteiger partial charge < -0.3 is 39.7 Å². The minimum Gasteiger partial charge on any atom is -0.483 e. The molecule has 15 nitrogen and oxygen atoms in total. The van der Waals surface area contributed by atoms with Crippen molar-refractivity contribution >= 4 is 40.7 Å². The summed E-state index contributed by atoms with van der Waals surface area (Å²) in [6.45, 7) is 5.51. The van der Waals surface area contributed by atoms with E-state index in [-0.39, 0.29) is 76.2 Å². The SMILES string of the molecule is CCOC(=O)N1CCN(C(=O)C(CCC(=O)O)NC(=O)c2cc(OCC(=O)N3CCN(CCO)CC3)c3ccccc3n2)CC1. The van der Waals surface area contributed by atoms with Gasteiger partial charge in [-0.25, -0.2) is 9.78 Å². The van der Waals surface area contributed by atoms with Gasteiger partial charge >= 0.3 is 12.1 Å². The number of para-hydroxylation sites is 1. The summed E-state index contributed by atoms with van der Waals surface area (Å²) in [5, 5.41) is 21.7. The fourth-order valence-electron chi connectivity index (χ4n) is 5.27. The Labute approximate surface area is 260 Å². The normalized spacial score (nSPS) is 16.3. The number of carboxylic acid groups (broad SMARTS) is 1. The Kier molecular flexibility index (Phi) is 11.9. The number of aliphatic carboxylic acids is 1. The number of aliphatic hydroxyl groups excluding tert-OH is 1. The number of hydrogen-bond donors (Lipinski definition) is 3. The number of carbonyl (C=O) groups excluding carboxylic acids is 4. The third kappa shape index (κ3) is 9.01. The zero-order valence-corrected chi connectivity index (χ0v) is 25.4. The highest BCUT2D eigenvalue weighted by Crippen LogP contribution is 2.26. The number of rotatable bonds is 12. The number of hydrogen-bond acceptors (Lipinski definition) is 10. The van der Waals surface area contributed by atoms with E-state index in [1.165, 1.54) is 15.9 Å². The minimum absolute atomic E-state index is 0.0602. The first-order chi connectivity index (χ1) is 21.7. The van der Waals surface area contributed by atoms with E-state index in [2.05, 4.69) is 15.2 Å². The smallest absolute Gasteiger partial charge is 0.409 e. The highest BCUT2D eigenvalue weighted by molar-refractivity contribution is 5.99. The number of aromatic nitrogens is 1. The van der Waals surface area contributed by atoms with Crippen LogP contribution >= 0.6 is 0 Å². The molecule has 0 radical (unpaired) electrons. The van der Waals surface area contributed by atoms with Gasteiger partial charge in [-0.3, -0.25) is 24.1 Å². The molecule has 2 aliphatic heterocycles. The Morgan fingerprint density at radius 2 is 1.62 bits per heavy atom. The largest absolute Gasteiger partial charge is 0.483 e. The molecule has 3 heterocycles. The van der Waals surface area contributed by atoms with Crippen molar-refractivity contribution in [2.24, 2.45) is 0 Å². The van der Waals surface area contributed by atoms with E-state index in [1.807, 2.05) is 0 Å². The highest BCUT2D eigenvalue weighted by Gasteiger charge is 2.31. The number of nitrogens with one attached hydrogen (secondary N) is 1. The molecular formula is C30H40N6O9. The van der Waals surface area contributed by atoms with Crippen LogP contribution in [-0.2, 0) is 19.1 Å². The maximum absolute atomic E-state index is 13.5. The van der Waals surface area contributed by atoms with Gasteiger partial charge in [0.25, 0.3) is 11.8 Å². The molecule has 0 bridgehead atoms. The van der Waals surface area contributed by atoms with Gasteiger partial charge in [0.2, 0.25) is 5.91 Å². The zero-order chi connectivity index (χ0) is 32.3. The molecule has 2 saturated heterocycles. The topological polar surface area (TPSA) is 182 Å². The molecule has 2 fully saturated rings. The van der Waals surface area contributed by atoms with E-state index < -0.39 is 29.9 Å². The number of benzene rings is 1. The molecule has 4 rings (SSSR count). The first-order valence-electron chi connectivity index (χ1n) is 15.1. The summed E-state index contributed by atoms with van der Waals surface area (Å²) in [5.41, 5.74) is 0.378. The van der Waals surface area contributed by atoms with Crippen molar-refractivity contribution in [2.45, 2.75) is 25.8 Å². The lowest BCUT2D eigenvalue weighted by atomic mass is 10.1. The summed E-state index contributed by atoms with van der Waals surface area (Å²) in [6, 6.07) is 7.23. The van der Waals surface area contributed by atoms with Crippen molar-refractivity contribution in [3.63, 3.8) is 0 Å². The second kappa shape index (κ2) is 16.0. The Morgan fingerprint density at radius 1 is 0.956 bits per heavy atom. The second-order valence-electron chi connectivity index (χ2n) is 10.7. The monoisotopic (exact) mass is 628 g/mol. The number of β-amino-alcohol motifs (C(OH)–C–C–N with tert-alkyl or cyclic N) is 1. The molecular weight excluding hydrogens is 588 g/mol. The first-order valence-corrected chi connectivity index (χ1v) is 15.1. The molecule has 1 aromatic heterocycles. The maximum Gasteiger partial charge on any atom is 0.409 e. The van der Waals surface area contributed by atoms with E-state index in [9.17, 15) is 29.1 Å². The zero-order valence-electron chi connectivity index (χ0n) is 25.4. The fraction of sp³-hybridized carbons (Fsp3) is 0.533. The van der Waals surface area contributed by atoms with Gasteiger partial charge in [0.1, 0.15) is 17.5 Å². The highest BCUT2D eigenvalue weighted by atomic mass is 16.6. The van der Waals surface area contributed by atoms with E-state index in [1.54, 1.807) is 36.1 Å². The standard InChI is InChI=1S/C30H40N6O9/c1-2-44-30(43)36-15-13-35(14-16-36)29(42)23(7-8-27(39)40)32-28(41)24-19-25(21-5-3-4-6-22(21)31-24)45-20-26(38)34-11-9-33(10-12-34)17-18-37/h3-6,19,23,37H,2,7-18,20H2,1H3,(H,32,41)(H,39,40). The number of pyridine rings is 1. The Hall–Kier alpha value is -4.50. The molecule has 3 N–H and O–H groups in total. The first kappa shape index (κ1) is 33.4. The van der Waals surface area contributed by atoms with E-state index in [4.69, 9.17) is 14.6 Å². The molecule has 4 amide bonds. The van der Waals surface area contributed by atoms with Crippen molar-refractivity contribution in [1.82, 2.24) is 29.9 Å². The number of carbonyl (C=O) groups is 5. The molecule has 0 spiro atoms. The van der Waals surface area contributed by atoms with Gasteiger partial charge in [-0.2, -0.15) is 0 Å². The van der Waals surface area contributed by atoms with Crippen molar-refractivity contribution in [3.8, 4) is 5.75 Å². The number of nitrogens with zero attached hydrogens (tertiary/aromatic N) is 5. The average Bonchev–Trinajstić information content (AvgIpc) is 3.05. The summed E-state index contributed by atoms with van der Waals surface area (Å²) in [5.74, 6) is -2.23. The molecule has 0 aliphatic carbocycles. The Balaban J connectivity index is 1.45. The van der Waals surface area contributed by atoms with E-state index in [0.717, 1.165) is 0 Å². The predicted octanol–water partition coefficient (Wildman–Crippen LogP) is 0.0140. The van der Waals surface area contributed by atoms with Crippen LogP contribution in [0.1, 0.15) is 30.3 Å². The van der Waals surface area contributed by atoms with Gasteiger partial charge in [0.05, 0.1) is 18.7 Å². The van der Waals surface area contributed by atoms with Crippen LogP contribution in [0.5, 0.6) is 5.75 Å². The molecule has 1 unspecified atom stereocenters. The van der Waals surface area contributed by atoms with Crippen LogP contribution in [0.4, 0.5) is 4.79 Å². The lowest BCUT2D eigenvalue weighted by Crippen LogP contribution is -2.56. The molecule has 1 aromatic carbocycles. The second-order valence-corrected chi connectivity index (χ2v) is 10.7. The third-order valence-corrected chi connectivity index (χ3v) is 7.77. The van der Waals surface area contributed by atoms with Crippen LogP contribution in [0.15, 0.2) is 30.3 Å². The summed E-state index contributed by atoms with van der Waals surface area (Å²) in [7, 11) is 0. The lowest BCUT2D eigenvalue weighted by Gasteiger charge is -2.35. The number of fused-ring (bicyclic) bond motifs is 1. The molecule has 2 aliphatic rings. The minimum atomic E-state index is -1.15. The van der Waals surface area contributed by atoms with E-state index in [0.29, 0.717) is 43.6 Å². The maximum atomic E-state index is 13.5. The van der Waals surface area contributed by atoms with Gasteiger partial charge in [-0.15, -0.1) is 0 Å². The van der Waals surface area contributed by atoms with Gasteiger partial charge in [0.15, 0.2) is 6.61 Å². The van der Waals surface area contributed by atoms with Crippen molar-refractivity contribution < 1.29 is 43.7 Å². The van der Waals surface area contributed by atoms with Gasteiger partial charge in [-0.05, 0) is 25.5 Å². The van der Waals surface area contributed by atoms with Crippen molar-refractivity contribution in [1.29, 1.82) is 0 Å². The van der Waals surface area contributed by atoms with Crippen molar-refractivity contribution in [3.05, 3.63) is 36.0 Å². The van der Waals surface area contributed by atoms with Gasteiger partial charge in [0, 0.05) is 76.8 Å². The molecule has 2 aromatic rings. The number of ether oxygens (including phenoxy) is 2. The molecule has 0 saturated carbocycles. The third-order valence-electron chi connectivity index (χ3n) is 7.77. The molecule has 45 heavy (non-hydrogen) atoms. The van der Waals surface area contributed by atoms with E-state index >= 15 is 0 Å². The summed E-state index contributed by atoms with van der Waals surface area (Å²) < 4.78 is 10.9. The Morgan fingerprint density at radius 3 is 2.29 bits per heavy atom. The van der Waals surface area contributed by atoms with Crippen LogP contribution in [0.3, 0.4) is 0 Å². The average molecular weight is 629 g/mol. The van der Waals surface area contributed by atoms with Gasteiger partial charge in [-0.1, -0.05) is 12.1 Å². The van der Waals surface area contributed by atoms with Crippen LogP contribution in [0.2, 0.25) is 0 Å². The quantitative estimate of drug-likeness (QED) is 0.288. The van der Waals surface area contributed by atoms with Crippen molar-refractivity contribution in [2.75, 3.05) is 78.7 Å². The molecule has 15 heteroatoms. The van der Waals surface area contributed by atoms with Crippen LogP contribution in [-0.4, -0.2) is 149 Å². The number of amides is 4. The fourth-order valence-corrected chi connectivity index (χ4v) is 5.27. The summed E-state index contributed by atoms with van der Waals surface area (Å²) in [6.07, 6.45) is -0.965. The number of piperazine rings is 2. The molecule has 1 atom stereocenters. The van der Waals surface area contributed by atoms with Crippen LogP contribution in [0, 0.1) is 0 Å². The van der Waals surface area contributed by atoms with Crippen LogP contribution in [0.25, 0.3) is 10.9 Å². The van der Waals surface area contributed by atoms with Crippen LogP contribution < -0.4 is 10.1 Å². The summed E-state index contributed by atoms with van der Waals surface area (Å²) in [4.78, 5) is 74.3. The predicted molar refractivity (Wildman–Crippen MR) is 161 cm³/mol. The lowest BCUT2D eigenvalue weighted by molar-refractivity contribution is -0.138. The summed E-state index contributed by atoms with van der Waals surface area (Å²) >= 11 is 0. The number of carboxylic acids is 1. The molecule has 244 valence electrons. The number of aliphatic hydroxyl groups is 1.